The van der Waals surface area contributed by atoms with Crippen LogP contribution in [0.25, 0.3) is 0 Å². The SMILES string of the molecule is CCCCCC(=O)N(CC[O])CP(C)(C)=O. The van der Waals surface area contributed by atoms with Crippen LogP contribution in [0.15, 0.2) is 0 Å². The average Bonchev–Trinajstić information content (AvgIpc) is 2.15. The Hall–Kier alpha value is -0.340. The molecule has 0 spiro atoms. The normalized spacial score (nSPS) is 11.5. The van der Waals surface area contributed by atoms with Gasteiger partial charge in [-0.25, -0.2) is 5.11 Å². The summed E-state index contributed by atoms with van der Waals surface area (Å²) in [7, 11) is -2.28. The van der Waals surface area contributed by atoms with Crippen molar-refractivity contribution < 1.29 is 14.5 Å². The van der Waals surface area contributed by atoms with Crippen LogP contribution < -0.4 is 0 Å². The molecule has 0 N–H and O–H groups in total. The van der Waals surface area contributed by atoms with E-state index in [0.29, 0.717) is 6.42 Å². The van der Waals surface area contributed by atoms with Crippen LogP contribution in [0.4, 0.5) is 0 Å². The molecular weight excluding hydrogens is 225 g/mol. The Morgan fingerprint density at radius 2 is 1.88 bits per heavy atom. The van der Waals surface area contributed by atoms with Crippen LogP contribution in [0, 0.1) is 0 Å². The Morgan fingerprint density at radius 1 is 1.25 bits per heavy atom. The third-order valence-corrected chi connectivity index (χ3v) is 3.24. The van der Waals surface area contributed by atoms with Gasteiger partial charge in [-0.1, -0.05) is 19.8 Å². The summed E-state index contributed by atoms with van der Waals surface area (Å²) in [5.41, 5.74) is 0. The fraction of sp³-hybridized carbons (Fsp3) is 0.909. The predicted octanol–water partition coefficient (Wildman–Crippen LogP) is 2.41. The molecule has 0 rings (SSSR count). The van der Waals surface area contributed by atoms with Gasteiger partial charge in [-0.05, 0) is 19.8 Å². The molecule has 0 bridgehead atoms. The lowest BCUT2D eigenvalue weighted by molar-refractivity contribution is -0.131. The number of unbranched alkanes of at least 4 members (excludes halogenated alkanes) is 2. The quantitative estimate of drug-likeness (QED) is 0.489. The van der Waals surface area contributed by atoms with Gasteiger partial charge in [0.2, 0.25) is 5.91 Å². The standard InChI is InChI=1S/C11H23NO3P/c1-4-5-6-7-11(14)12(8-9-13)10-16(2,3)15/h4-10H2,1-3H3. The summed E-state index contributed by atoms with van der Waals surface area (Å²) in [5.74, 6) is -0.0341. The third kappa shape index (κ3) is 7.89. The summed E-state index contributed by atoms with van der Waals surface area (Å²) < 4.78 is 11.6. The average molecular weight is 248 g/mol. The first-order chi connectivity index (χ1) is 7.40. The van der Waals surface area contributed by atoms with Gasteiger partial charge >= 0.3 is 0 Å². The van der Waals surface area contributed by atoms with Crippen LogP contribution in [-0.4, -0.2) is 43.6 Å². The number of amides is 1. The Balaban J connectivity index is 4.18. The van der Waals surface area contributed by atoms with E-state index in [1.807, 2.05) is 0 Å². The molecule has 0 fully saturated rings. The minimum absolute atomic E-state index is 0.0341. The van der Waals surface area contributed by atoms with Crippen molar-refractivity contribution in [2.75, 3.05) is 32.8 Å². The topological polar surface area (TPSA) is 57.3 Å². The molecule has 0 heterocycles. The molecule has 4 nitrogen and oxygen atoms in total. The van der Waals surface area contributed by atoms with Crippen LogP contribution in [0.1, 0.15) is 32.6 Å². The monoisotopic (exact) mass is 248 g/mol. The molecule has 0 aromatic rings. The van der Waals surface area contributed by atoms with Crippen LogP contribution in [0.5, 0.6) is 0 Å². The van der Waals surface area contributed by atoms with E-state index in [1.54, 1.807) is 13.3 Å². The number of carbonyl (C=O) groups excluding carboxylic acids is 1. The van der Waals surface area contributed by atoms with Gasteiger partial charge in [0.25, 0.3) is 0 Å². The highest BCUT2D eigenvalue weighted by Crippen LogP contribution is 2.36. The van der Waals surface area contributed by atoms with E-state index in [4.69, 9.17) is 0 Å². The molecule has 0 aromatic heterocycles. The van der Waals surface area contributed by atoms with Gasteiger partial charge in [-0.3, -0.25) is 4.79 Å². The first-order valence-electron chi connectivity index (χ1n) is 5.80. The predicted molar refractivity (Wildman–Crippen MR) is 65.7 cm³/mol. The second-order valence-electron chi connectivity index (χ2n) is 4.53. The van der Waals surface area contributed by atoms with Crippen LogP contribution in [-0.2, 0) is 14.5 Å². The van der Waals surface area contributed by atoms with Crippen LogP contribution >= 0.6 is 7.14 Å². The van der Waals surface area contributed by atoms with Crippen molar-refractivity contribution in [3.05, 3.63) is 0 Å². The van der Waals surface area contributed by atoms with Gasteiger partial charge in [0.15, 0.2) is 0 Å². The molecule has 0 aliphatic carbocycles. The lowest BCUT2D eigenvalue weighted by Crippen LogP contribution is -2.33. The molecule has 0 aliphatic rings. The van der Waals surface area contributed by atoms with Gasteiger partial charge in [0, 0.05) is 13.0 Å². The van der Waals surface area contributed by atoms with Crippen molar-refractivity contribution in [3.63, 3.8) is 0 Å². The van der Waals surface area contributed by atoms with E-state index >= 15 is 0 Å². The molecule has 95 valence electrons. The molecule has 1 amide bonds. The maximum Gasteiger partial charge on any atom is 0.223 e. The van der Waals surface area contributed by atoms with E-state index in [-0.39, 0.29) is 25.3 Å². The Morgan fingerprint density at radius 3 is 2.31 bits per heavy atom. The zero-order valence-electron chi connectivity index (χ0n) is 10.6. The van der Waals surface area contributed by atoms with Gasteiger partial charge < -0.3 is 9.46 Å². The molecule has 16 heavy (non-hydrogen) atoms. The van der Waals surface area contributed by atoms with Crippen molar-refractivity contribution in [2.24, 2.45) is 0 Å². The molecule has 0 atom stereocenters. The summed E-state index contributed by atoms with van der Waals surface area (Å²) in [4.78, 5) is 13.2. The maximum atomic E-state index is 11.8. The Bertz CT molecular complexity index is 250. The number of rotatable bonds is 8. The van der Waals surface area contributed by atoms with Gasteiger partial charge in [0.05, 0.1) is 12.9 Å². The summed E-state index contributed by atoms with van der Waals surface area (Å²) >= 11 is 0. The largest absolute Gasteiger partial charge is 0.333 e. The Kier molecular flexibility index (Phi) is 7.69. The number of hydrogen-bond donors (Lipinski definition) is 0. The first-order valence-corrected chi connectivity index (χ1v) is 8.59. The maximum absolute atomic E-state index is 11.8. The van der Waals surface area contributed by atoms with Crippen LogP contribution in [0.3, 0.4) is 0 Å². The second kappa shape index (κ2) is 7.86. The van der Waals surface area contributed by atoms with Crippen LogP contribution in [0.2, 0.25) is 0 Å². The van der Waals surface area contributed by atoms with Gasteiger partial charge in [-0.2, -0.15) is 0 Å². The van der Waals surface area contributed by atoms with E-state index < -0.39 is 7.14 Å². The number of nitrogens with zero attached hydrogens (tertiary/aromatic N) is 1. The van der Waals surface area contributed by atoms with Crippen molar-refractivity contribution in [1.82, 2.24) is 4.90 Å². The van der Waals surface area contributed by atoms with E-state index in [1.165, 1.54) is 4.90 Å². The minimum Gasteiger partial charge on any atom is -0.333 e. The third-order valence-electron chi connectivity index (χ3n) is 2.22. The van der Waals surface area contributed by atoms with Crippen molar-refractivity contribution >= 4 is 13.0 Å². The van der Waals surface area contributed by atoms with Gasteiger partial charge in [0.1, 0.15) is 7.14 Å². The van der Waals surface area contributed by atoms with Crippen molar-refractivity contribution in [2.45, 2.75) is 32.6 Å². The summed E-state index contributed by atoms with van der Waals surface area (Å²) in [6.07, 6.45) is 3.64. The van der Waals surface area contributed by atoms with Crippen molar-refractivity contribution in [1.29, 1.82) is 0 Å². The minimum atomic E-state index is -2.28. The fourth-order valence-corrected chi connectivity index (χ4v) is 2.60. The number of hydrogen-bond acceptors (Lipinski definition) is 2. The van der Waals surface area contributed by atoms with E-state index in [9.17, 15) is 14.5 Å². The molecule has 0 aromatic carbocycles. The molecule has 0 saturated heterocycles. The van der Waals surface area contributed by atoms with E-state index in [0.717, 1.165) is 19.3 Å². The molecule has 0 aliphatic heterocycles. The summed E-state index contributed by atoms with van der Waals surface area (Å²) in [6, 6.07) is 0. The molecular formula is C11H23NO3P. The lowest BCUT2D eigenvalue weighted by atomic mass is 10.2. The highest BCUT2D eigenvalue weighted by Gasteiger charge is 2.18. The number of carbonyl (C=O) groups is 1. The molecule has 1 radical (unpaired) electrons. The highest BCUT2D eigenvalue weighted by molar-refractivity contribution is 7.62. The zero-order valence-corrected chi connectivity index (χ0v) is 11.5. The first kappa shape index (κ1) is 15.7. The second-order valence-corrected chi connectivity index (χ2v) is 7.96. The lowest BCUT2D eigenvalue weighted by Gasteiger charge is -2.23. The Labute approximate surface area is 98.4 Å². The summed E-state index contributed by atoms with van der Waals surface area (Å²) in [6.45, 7) is 5.22. The smallest absolute Gasteiger partial charge is 0.223 e. The van der Waals surface area contributed by atoms with Gasteiger partial charge in [-0.15, -0.1) is 0 Å². The highest BCUT2D eigenvalue weighted by atomic mass is 31.2. The van der Waals surface area contributed by atoms with E-state index in [2.05, 4.69) is 6.92 Å². The molecule has 0 unspecified atom stereocenters. The fourth-order valence-electron chi connectivity index (χ4n) is 1.48. The molecule has 0 saturated carbocycles. The summed E-state index contributed by atoms with van der Waals surface area (Å²) in [5, 5.41) is 10.6. The molecule has 5 heteroatoms. The van der Waals surface area contributed by atoms with Crippen molar-refractivity contribution in [3.8, 4) is 0 Å². The zero-order chi connectivity index (χ0) is 12.6.